The Morgan fingerprint density at radius 1 is 0.833 bits per heavy atom. The molecule has 0 saturated carbocycles. The Bertz CT molecular complexity index is 520. The Balaban J connectivity index is 0.00000162. The first kappa shape index (κ1) is 14.4. The smallest absolute Gasteiger partial charge is 0.0554 e. The van der Waals surface area contributed by atoms with Gasteiger partial charge in [0.05, 0.1) is 6.04 Å². The monoisotopic (exact) mass is 243 g/mol. The summed E-state index contributed by atoms with van der Waals surface area (Å²) in [5.41, 5.74) is 12.7. The van der Waals surface area contributed by atoms with Gasteiger partial charge in [-0.15, -0.1) is 0 Å². The normalized spacial score (nSPS) is 11.8. The zero-order chi connectivity index (χ0) is 12.4. The van der Waals surface area contributed by atoms with Gasteiger partial charge < -0.3 is 11.2 Å². The van der Waals surface area contributed by atoms with Gasteiger partial charge in [0.1, 0.15) is 0 Å². The largest absolute Gasteiger partial charge is 0.412 e. The molecule has 0 aliphatic rings. The Labute approximate surface area is 109 Å². The fraction of sp³-hybridized carbons (Fsp3) is 0.250. The van der Waals surface area contributed by atoms with Crippen LogP contribution in [0.3, 0.4) is 0 Å². The van der Waals surface area contributed by atoms with Crippen molar-refractivity contribution in [1.82, 2.24) is 0 Å². The molecule has 2 aromatic carbocycles. The van der Waals surface area contributed by atoms with Gasteiger partial charge in [-0.1, -0.05) is 42.5 Å². The summed E-state index contributed by atoms with van der Waals surface area (Å²) in [6, 6.07) is 14.5. The van der Waals surface area contributed by atoms with Crippen LogP contribution >= 0.6 is 0 Å². The topological polar surface area (TPSA) is 57.5 Å². The average molecular weight is 243 g/mol. The second kappa shape index (κ2) is 5.80. The molecule has 0 heterocycles. The Kier molecular flexibility index (Phi) is 4.65. The number of nitrogens with two attached hydrogens (primary N) is 1. The minimum Gasteiger partial charge on any atom is -0.412 e. The standard InChI is InChI=1S/C16H19N.H2O/c1-11-9-10-15(13(3)12(11)2)16(17)14-7-5-4-6-8-14;/h4-10,16H,17H2,1-3H3;1H2. The van der Waals surface area contributed by atoms with Crippen LogP contribution in [0.2, 0.25) is 0 Å². The number of aryl methyl sites for hydroxylation is 1. The van der Waals surface area contributed by atoms with Crippen molar-refractivity contribution in [3.63, 3.8) is 0 Å². The molecule has 18 heavy (non-hydrogen) atoms. The Hall–Kier alpha value is -1.64. The molecule has 0 spiro atoms. The van der Waals surface area contributed by atoms with Crippen molar-refractivity contribution in [3.05, 3.63) is 70.3 Å². The van der Waals surface area contributed by atoms with Gasteiger partial charge in [-0.05, 0) is 48.6 Å². The lowest BCUT2D eigenvalue weighted by Gasteiger charge is -2.18. The lowest BCUT2D eigenvalue weighted by atomic mass is 9.91. The van der Waals surface area contributed by atoms with E-state index in [1.165, 1.54) is 27.8 Å². The molecule has 1 unspecified atom stereocenters. The van der Waals surface area contributed by atoms with Crippen molar-refractivity contribution in [2.75, 3.05) is 0 Å². The Morgan fingerprint density at radius 2 is 1.44 bits per heavy atom. The first-order valence-corrected chi connectivity index (χ1v) is 5.98. The van der Waals surface area contributed by atoms with E-state index >= 15 is 0 Å². The maximum absolute atomic E-state index is 6.34. The summed E-state index contributed by atoms with van der Waals surface area (Å²) in [5.74, 6) is 0. The van der Waals surface area contributed by atoms with Crippen molar-refractivity contribution in [1.29, 1.82) is 0 Å². The first-order chi connectivity index (χ1) is 8.11. The molecule has 0 radical (unpaired) electrons. The molecule has 0 aliphatic heterocycles. The molecule has 0 fully saturated rings. The van der Waals surface area contributed by atoms with Gasteiger partial charge in [-0.2, -0.15) is 0 Å². The van der Waals surface area contributed by atoms with Crippen LogP contribution in [0, 0.1) is 20.8 Å². The molecule has 2 heteroatoms. The average Bonchev–Trinajstić information content (AvgIpc) is 2.36. The van der Waals surface area contributed by atoms with Crippen molar-refractivity contribution in [2.45, 2.75) is 26.8 Å². The SMILES string of the molecule is Cc1ccc(C(N)c2ccccc2)c(C)c1C.O. The van der Waals surface area contributed by atoms with Crippen LogP contribution in [0.5, 0.6) is 0 Å². The molecule has 2 rings (SSSR count). The minimum atomic E-state index is -0.0319. The predicted octanol–water partition coefficient (Wildman–Crippen LogP) is 2.84. The van der Waals surface area contributed by atoms with Gasteiger partial charge in [-0.3, -0.25) is 0 Å². The van der Waals surface area contributed by atoms with E-state index in [0.717, 1.165) is 0 Å². The number of hydrogen-bond acceptors (Lipinski definition) is 1. The molecule has 2 aromatic rings. The van der Waals surface area contributed by atoms with Crippen molar-refractivity contribution < 1.29 is 5.48 Å². The molecular weight excluding hydrogens is 222 g/mol. The molecule has 0 aliphatic carbocycles. The van der Waals surface area contributed by atoms with E-state index in [9.17, 15) is 0 Å². The molecule has 0 amide bonds. The highest BCUT2D eigenvalue weighted by molar-refractivity contribution is 5.43. The molecule has 96 valence electrons. The van der Waals surface area contributed by atoms with Crippen LogP contribution in [0.1, 0.15) is 33.9 Å². The quantitative estimate of drug-likeness (QED) is 0.866. The van der Waals surface area contributed by atoms with Crippen LogP contribution in [0.4, 0.5) is 0 Å². The lowest BCUT2D eigenvalue weighted by molar-refractivity contribution is 0.824. The maximum Gasteiger partial charge on any atom is 0.0554 e. The van der Waals surface area contributed by atoms with Gasteiger partial charge in [0, 0.05) is 0 Å². The number of rotatable bonds is 2. The molecular formula is C16H21NO. The van der Waals surface area contributed by atoms with Gasteiger partial charge in [0.2, 0.25) is 0 Å². The highest BCUT2D eigenvalue weighted by Gasteiger charge is 2.12. The number of hydrogen-bond donors (Lipinski definition) is 1. The summed E-state index contributed by atoms with van der Waals surface area (Å²) in [4.78, 5) is 0. The van der Waals surface area contributed by atoms with E-state index in [4.69, 9.17) is 5.73 Å². The van der Waals surface area contributed by atoms with Crippen molar-refractivity contribution in [2.24, 2.45) is 5.73 Å². The van der Waals surface area contributed by atoms with Crippen molar-refractivity contribution in [3.8, 4) is 0 Å². The van der Waals surface area contributed by atoms with E-state index in [0.29, 0.717) is 0 Å². The van der Waals surface area contributed by atoms with E-state index in [1.54, 1.807) is 0 Å². The highest BCUT2D eigenvalue weighted by atomic mass is 16.0. The summed E-state index contributed by atoms with van der Waals surface area (Å²) in [5, 5.41) is 0. The summed E-state index contributed by atoms with van der Waals surface area (Å²) in [7, 11) is 0. The molecule has 0 aromatic heterocycles. The van der Waals surface area contributed by atoms with E-state index in [1.807, 2.05) is 18.2 Å². The van der Waals surface area contributed by atoms with E-state index in [-0.39, 0.29) is 11.5 Å². The second-order valence-corrected chi connectivity index (χ2v) is 4.61. The molecule has 0 saturated heterocycles. The third-order valence-corrected chi connectivity index (χ3v) is 3.59. The third-order valence-electron chi connectivity index (χ3n) is 3.59. The van der Waals surface area contributed by atoms with Crippen molar-refractivity contribution >= 4 is 0 Å². The Morgan fingerprint density at radius 3 is 2.06 bits per heavy atom. The summed E-state index contributed by atoms with van der Waals surface area (Å²) in [6.45, 7) is 6.45. The van der Waals surface area contributed by atoms with Gasteiger partial charge in [-0.25, -0.2) is 0 Å². The van der Waals surface area contributed by atoms with E-state index < -0.39 is 0 Å². The van der Waals surface area contributed by atoms with Gasteiger partial charge >= 0.3 is 0 Å². The fourth-order valence-corrected chi connectivity index (χ4v) is 2.15. The molecule has 4 N–H and O–H groups in total. The zero-order valence-corrected chi connectivity index (χ0v) is 11.2. The summed E-state index contributed by atoms with van der Waals surface area (Å²) >= 11 is 0. The minimum absolute atomic E-state index is 0. The van der Waals surface area contributed by atoms with Crippen LogP contribution < -0.4 is 5.73 Å². The predicted molar refractivity (Wildman–Crippen MR) is 76.7 cm³/mol. The molecule has 0 bridgehead atoms. The van der Waals surface area contributed by atoms with Gasteiger partial charge in [0.15, 0.2) is 0 Å². The fourth-order valence-electron chi connectivity index (χ4n) is 2.15. The van der Waals surface area contributed by atoms with Crippen LogP contribution in [0.25, 0.3) is 0 Å². The second-order valence-electron chi connectivity index (χ2n) is 4.61. The highest BCUT2D eigenvalue weighted by Crippen LogP contribution is 2.25. The van der Waals surface area contributed by atoms with E-state index in [2.05, 4.69) is 45.0 Å². The van der Waals surface area contributed by atoms with Crippen LogP contribution in [-0.2, 0) is 0 Å². The maximum atomic E-state index is 6.34. The van der Waals surface area contributed by atoms with Gasteiger partial charge in [0.25, 0.3) is 0 Å². The molecule has 2 nitrogen and oxygen atoms in total. The number of benzene rings is 2. The van der Waals surface area contributed by atoms with Crippen LogP contribution in [-0.4, -0.2) is 5.48 Å². The first-order valence-electron chi connectivity index (χ1n) is 5.98. The van der Waals surface area contributed by atoms with Crippen LogP contribution in [0.15, 0.2) is 42.5 Å². The molecule has 1 atom stereocenters. The summed E-state index contributed by atoms with van der Waals surface area (Å²) < 4.78 is 0. The summed E-state index contributed by atoms with van der Waals surface area (Å²) in [6.07, 6.45) is 0. The lowest BCUT2D eigenvalue weighted by Crippen LogP contribution is -2.14. The third kappa shape index (κ3) is 2.61. The zero-order valence-electron chi connectivity index (χ0n) is 11.2.